The Morgan fingerprint density at radius 2 is 1.81 bits per heavy atom. The standard InChI is InChI=1S/C18H15F2N3O3S/c1-12-9-10-21-23(12)15-4-2-3-14(11-15)22-17(24)13-5-7-16(8-6-13)27(25,26)18(19)20/h2-11,18H,1H3,(H,22,24). The first-order valence-electron chi connectivity index (χ1n) is 7.83. The highest BCUT2D eigenvalue weighted by Crippen LogP contribution is 2.20. The van der Waals surface area contributed by atoms with E-state index in [1.54, 1.807) is 29.1 Å². The lowest BCUT2D eigenvalue weighted by molar-refractivity contribution is 0.102. The predicted octanol–water partition coefficient (Wildman–Crippen LogP) is 3.43. The van der Waals surface area contributed by atoms with Gasteiger partial charge in [0.25, 0.3) is 5.91 Å². The summed E-state index contributed by atoms with van der Waals surface area (Å²) in [4.78, 5) is 11.8. The topological polar surface area (TPSA) is 81.1 Å². The van der Waals surface area contributed by atoms with Crippen LogP contribution < -0.4 is 5.32 Å². The van der Waals surface area contributed by atoms with E-state index < -0.39 is 26.4 Å². The minimum absolute atomic E-state index is 0.142. The third kappa shape index (κ3) is 3.87. The van der Waals surface area contributed by atoms with Crippen molar-refractivity contribution in [2.24, 2.45) is 0 Å². The van der Waals surface area contributed by atoms with Gasteiger partial charge in [-0.2, -0.15) is 13.9 Å². The van der Waals surface area contributed by atoms with E-state index in [2.05, 4.69) is 10.4 Å². The van der Waals surface area contributed by atoms with Crippen LogP contribution in [0.15, 0.2) is 65.7 Å². The molecule has 0 radical (unpaired) electrons. The Hall–Kier alpha value is -3.07. The van der Waals surface area contributed by atoms with Crippen LogP contribution in [-0.4, -0.2) is 29.9 Å². The number of alkyl halides is 2. The third-order valence-corrected chi connectivity index (χ3v) is 5.26. The first kappa shape index (κ1) is 18.7. The van der Waals surface area contributed by atoms with E-state index >= 15 is 0 Å². The molecule has 3 aromatic rings. The highest BCUT2D eigenvalue weighted by molar-refractivity contribution is 7.91. The lowest BCUT2D eigenvalue weighted by atomic mass is 10.2. The van der Waals surface area contributed by atoms with Crippen molar-refractivity contribution in [2.75, 3.05) is 5.32 Å². The zero-order valence-corrected chi connectivity index (χ0v) is 15.0. The van der Waals surface area contributed by atoms with Crippen molar-refractivity contribution in [1.82, 2.24) is 9.78 Å². The van der Waals surface area contributed by atoms with Gasteiger partial charge < -0.3 is 5.32 Å². The molecule has 1 amide bonds. The molecule has 1 N–H and O–H groups in total. The van der Waals surface area contributed by atoms with Gasteiger partial charge in [0.2, 0.25) is 9.84 Å². The number of hydrogen-bond acceptors (Lipinski definition) is 4. The average Bonchev–Trinajstić information content (AvgIpc) is 3.08. The molecule has 0 unspecified atom stereocenters. The Kier molecular flexibility index (Phi) is 5.04. The Balaban J connectivity index is 1.79. The molecule has 3 rings (SSSR count). The van der Waals surface area contributed by atoms with Gasteiger partial charge in [0.1, 0.15) is 0 Å². The number of rotatable bonds is 5. The first-order valence-corrected chi connectivity index (χ1v) is 9.38. The van der Waals surface area contributed by atoms with Gasteiger partial charge in [-0.15, -0.1) is 0 Å². The predicted molar refractivity (Wildman–Crippen MR) is 95.9 cm³/mol. The van der Waals surface area contributed by atoms with Crippen LogP contribution in [0.3, 0.4) is 0 Å². The van der Waals surface area contributed by atoms with Gasteiger partial charge in [-0.25, -0.2) is 13.1 Å². The fraction of sp³-hybridized carbons (Fsp3) is 0.111. The summed E-state index contributed by atoms with van der Waals surface area (Å²) in [6.45, 7) is 1.90. The molecular weight excluding hydrogens is 376 g/mol. The number of amides is 1. The number of aromatic nitrogens is 2. The number of anilines is 1. The normalized spacial score (nSPS) is 11.6. The van der Waals surface area contributed by atoms with Crippen LogP contribution in [0.4, 0.5) is 14.5 Å². The van der Waals surface area contributed by atoms with Crippen molar-refractivity contribution >= 4 is 21.4 Å². The number of halogens is 2. The fourth-order valence-electron chi connectivity index (χ4n) is 2.46. The number of aryl methyl sites for hydroxylation is 1. The van der Waals surface area contributed by atoms with Crippen LogP contribution in [0.1, 0.15) is 16.1 Å². The van der Waals surface area contributed by atoms with Crippen LogP contribution >= 0.6 is 0 Å². The van der Waals surface area contributed by atoms with Gasteiger partial charge in [-0.05, 0) is 55.5 Å². The van der Waals surface area contributed by atoms with Crippen LogP contribution in [0.2, 0.25) is 0 Å². The van der Waals surface area contributed by atoms with Crippen LogP contribution in [-0.2, 0) is 9.84 Å². The van der Waals surface area contributed by atoms with E-state index in [4.69, 9.17) is 0 Å². The minimum Gasteiger partial charge on any atom is -0.322 e. The lowest BCUT2D eigenvalue weighted by Gasteiger charge is -2.09. The molecule has 140 valence electrons. The van der Waals surface area contributed by atoms with Crippen molar-refractivity contribution in [2.45, 2.75) is 17.6 Å². The quantitative estimate of drug-likeness (QED) is 0.723. The average molecular weight is 391 g/mol. The SMILES string of the molecule is Cc1ccnn1-c1cccc(NC(=O)c2ccc(S(=O)(=O)C(F)F)cc2)c1. The number of nitrogens with one attached hydrogen (secondary N) is 1. The Morgan fingerprint density at radius 3 is 2.41 bits per heavy atom. The summed E-state index contributed by atoms with van der Waals surface area (Å²) in [5.74, 6) is -4.00. The van der Waals surface area contributed by atoms with Crippen molar-refractivity contribution in [1.29, 1.82) is 0 Å². The first-order chi connectivity index (χ1) is 12.8. The van der Waals surface area contributed by atoms with Crippen molar-refractivity contribution in [3.8, 4) is 5.69 Å². The van der Waals surface area contributed by atoms with E-state index in [0.29, 0.717) is 5.69 Å². The fourth-order valence-corrected chi connectivity index (χ4v) is 3.18. The number of carbonyl (C=O) groups is 1. The molecule has 2 aromatic carbocycles. The molecule has 27 heavy (non-hydrogen) atoms. The van der Waals surface area contributed by atoms with Crippen molar-refractivity contribution in [3.63, 3.8) is 0 Å². The second kappa shape index (κ2) is 7.28. The summed E-state index contributed by atoms with van der Waals surface area (Å²) in [7, 11) is -4.69. The second-order valence-corrected chi connectivity index (χ2v) is 7.64. The minimum atomic E-state index is -4.69. The molecule has 1 aromatic heterocycles. The third-order valence-electron chi connectivity index (χ3n) is 3.86. The van der Waals surface area contributed by atoms with Crippen molar-refractivity contribution in [3.05, 3.63) is 72.1 Å². The highest BCUT2D eigenvalue weighted by Gasteiger charge is 2.26. The van der Waals surface area contributed by atoms with Crippen LogP contribution in [0.25, 0.3) is 5.69 Å². The summed E-state index contributed by atoms with van der Waals surface area (Å²) in [5.41, 5.74) is 2.34. The maximum absolute atomic E-state index is 12.6. The molecular formula is C18H15F2N3O3S. The summed E-state index contributed by atoms with van der Waals surface area (Å²) < 4.78 is 49.7. The molecule has 0 aliphatic carbocycles. The van der Waals surface area contributed by atoms with Crippen LogP contribution in [0.5, 0.6) is 0 Å². The lowest BCUT2D eigenvalue weighted by Crippen LogP contribution is -2.14. The summed E-state index contributed by atoms with van der Waals surface area (Å²) in [5, 5.41) is 6.88. The molecule has 1 heterocycles. The Bertz CT molecular complexity index is 1080. The summed E-state index contributed by atoms with van der Waals surface area (Å²) >= 11 is 0. The molecule has 0 saturated carbocycles. The Labute approximate surface area is 154 Å². The maximum atomic E-state index is 12.6. The van der Waals surface area contributed by atoms with Gasteiger partial charge in [-0.3, -0.25) is 4.79 Å². The van der Waals surface area contributed by atoms with Crippen LogP contribution in [0, 0.1) is 6.92 Å². The summed E-state index contributed by atoms with van der Waals surface area (Å²) in [6, 6.07) is 13.2. The van der Waals surface area contributed by atoms with E-state index in [1.165, 1.54) is 12.1 Å². The van der Waals surface area contributed by atoms with E-state index in [0.717, 1.165) is 23.5 Å². The largest absolute Gasteiger partial charge is 0.341 e. The number of benzene rings is 2. The number of carbonyl (C=O) groups excluding carboxylic acids is 1. The molecule has 0 fully saturated rings. The van der Waals surface area contributed by atoms with E-state index in [9.17, 15) is 22.0 Å². The molecule has 0 atom stereocenters. The number of nitrogens with zero attached hydrogens (tertiary/aromatic N) is 2. The highest BCUT2D eigenvalue weighted by atomic mass is 32.2. The van der Waals surface area contributed by atoms with E-state index in [1.807, 2.05) is 19.1 Å². The summed E-state index contributed by atoms with van der Waals surface area (Å²) in [6.07, 6.45) is 1.66. The zero-order chi connectivity index (χ0) is 19.6. The smallest absolute Gasteiger partial charge is 0.322 e. The molecule has 0 aliphatic rings. The molecule has 0 spiro atoms. The number of sulfone groups is 1. The van der Waals surface area contributed by atoms with Crippen molar-refractivity contribution < 1.29 is 22.0 Å². The monoisotopic (exact) mass is 391 g/mol. The number of hydrogen-bond donors (Lipinski definition) is 1. The Morgan fingerprint density at radius 1 is 1.11 bits per heavy atom. The van der Waals surface area contributed by atoms with E-state index in [-0.39, 0.29) is 5.56 Å². The molecule has 9 heteroatoms. The molecule has 0 saturated heterocycles. The molecule has 6 nitrogen and oxygen atoms in total. The van der Waals surface area contributed by atoms with Gasteiger partial charge in [-0.1, -0.05) is 6.07 Å². The molecule has 0 bridgehead atoms. The maximum Gasteiger partial charge on any atom is 0.341 e. The van der Waals surface area contributed by atoms with Gasteiger partial charge in [0.15, 0.2) is 0 Å². The zero-order valence-electron chi connectivity index (χ0n) is 14.1. The van der Waals surface area contributed by atoms with Gasteiger partial charge >= 0.3 is 5.76 Å². The molecule has 0 aliphatic heterocycles. The van der Waals surface area contributed by atoms with Gasteiger partial charge in [0, 0.05) is 23.1 Å². The second-order valence-electron chi connectivity index (χ2n) is 5.72. The van der Waals surface area contributed by atoms with Gasteiger partial charge in [0.05, 0.1) is 10.6 Å².